The molecule has 1 amide bonds. The fourth-order valence-corrected chi connectivity index (χ4v) is 4.03. The third kappa shape index (κ3) is 4.38. The van der Waals surface area contributed by atoms with Crippen LogP contribution in [0.25, 0.3) is 22.3 Å². The third-order valence-electron chi connectivity index (χ3n) is 5.55. The molecule has 10 heteroatoms. The van der Waals surface area contributed by atoms with E-state index in [-0.39, 0.29) is 29.9 Å². The van der Waals surface area contributed by atoms with E-state index in [1.807, 2.05) is 13.0 Å². The van der Waals surface area contributed by atoms with Gasteiger partial charge in [0.15, 0.2) is 0 Å². The molecule has 8 nitrogen and oxygen atoms in total. The maximum absolute atomic E-state index is 15.1. The maximum Gasteiger partial charge on any atom is 0.409 e. The van der Waals surface area contributed by atoms with E-state index >= 15 is 8.78 Å². The molecule has 3 heterocycles. The molecule has 1 saturated heterocycles. The Kier molecular flexibility index (Phi) is 6.28. The first kappa shape index (κ1) is 22.7. The van der Waals surface area contributed by atoms with Crippen molar-refractivity contribution in [1.82, 2.24) is 14.5 Å². The SMILES string of the molecule is COC(=O)c1cc(F)c(-c2cc3cc(C)cnc3n2C[C@H]2CN(C(=O)OC)CCO2)c(F)c1. The van der Waals surface area contributed by atoms with Crippen molar-refractivity contribution in [3.05, 3.63) is 53.2 Å². The van der Waals surface area contributed by atoms with Gasteiger partial charge in [0.2, 0.25) is 0 Å². The normalized spacial score (nSPS) is 16.2. The number of nitrogens with zero attached hydrogens (tertiary/aromatic N) is 3. The predicted octanol–water partition coefficient (Wildman–Crippen LogP) is 3.54. The number of fused-ring (bicyclic) bond motifs is 1. The monoisotopic (exact) mass is 459 g/mol. The second kappa shape index (κ2) is 9.14. The number of hydrogen-bond acceptors (Lipinski definition) is 6. The number of pyridine rings is 1. The number of amides is 1. The van der Waals surface area contributed by atoms with E-state index in [1.165, 1.54) is 12.0 Å². The van der Waals surface area contributed by atoms with Crippen LogP contribution in [0.3, 0.4) is 0 Å². The first-order valence-corrected chi connectivity index (χ1v) is 10.3. The molecule has 0 saturated carbocycles. The van der Waals surface area contributed by atoms with Gasteiger partial charge in [0.05, 0.1) is 56.8 Å². The van der Waals surface area contributed by atoms with Crippen molar-refractivity contribution in [2.75, 3.05) is 33.9 Å². The van der Waals surface area contributed by atoms with Gasteiger partial charge in [-0.1, -0.05) is 0 Å². The van der Waals surface area contributed by atoms with E-state index in [9.17, 15) is 9.59 Å². The summed E-state index contributed by atoms with van der Waals surface area (Å²) in [7, 11) is 2.44. The summed E-state index contributed by atoms with van der Waals surface area (Å²) in [6.07, 6.45) is 0.749. The van der Waals surface area contributed by atoms with Crippen LogP contribution in [-0.4, -0.2) is 66.5 Å². The molecular weight excluding hydrogens is 436 g/mol. The number of rotatable bonds is 4. The van der Waals surface area contributed by atoms with Crippen molar-refractivity contribution < 1.29 is 32.6 Å². The van der Waals surface area contributed by atoms with Gasteiger partial charge in [-0.3, -0.25) is 0 Å². The first-order chi connectivity index (χ1) is 15.8. The number of methoxy groups -OCH3 is 2. The second-order valence-corrected chi connectivity index (χ2v) is 7.78. The molecule has 0 radical (unpaired) electrons. The van der Waals surface area contributed by atoms with Gasteiger partial charge >= 0.3 is 12.1 Å². The van der Waals surface area contributed by atoms with Crippen molar-refractivity contribution in [3.63, 3.8) is 0 Å². The minimum absolute atomic E-state index is 0.194. The molecule has 0 aliphatic carbocycles. The van der Waals surface area contributed by atoms with Gasteiger partial charge in [0.25, 0.3) is 0 Å². The van der Waals surface area contributed by atoms with Gasteiger partial charge < -0.3 is 23.7 Å². The zero-order valence-electron chi connectivity index (χ0n) is 18.4. The van der Waals surface area contributed by atoms with Gasteiger partial charge in [0, 0.05) is 18.1 Å². The van der Waals surface area contributed by atoms with Crippen LogP contribution >= 0.6 is 0 Å². The van der Waals surface area contributed by atoms with Crippen LogP contribution in [0.4, 0.5) is 13.6 Å². The second-order valence-electron chi connectivity index (χ2n) is 7.78. The molecule has 33 heavy (non-hydrogen) atoms. The van der Waals surface area contributed by atoms with E-state index < -0.39 is 29.8 Å². The highest BCUT2D eigenvalue weighted by atomic mass is 19.1. The molecule has 1 fully saturated rings. The average molecular weight is 459 g/mol. The molecule has 1 aliphatic rings. The van der Waals surface area contributed by atoms with Crippen LogP contribution in [0.2, 0.25) is 0 Å². The molecule has 1 atom stereocenters. The zero-order chi connectivity index (χ0) is 23.7. The summed E-state index contributed by atoms with van der Waals surface area (Å²) >= 11 is 0. The predicted molar refractivity (Wildman–Crippen MR) is 115 cm³/mol. The van der Waals surface area contributed by atoms with Gasteiger partial charge in [-0.15, -0.1) is 0 Å². The van der Waals surface area contributed by atoms with E-state index in [0.717, 1.165) is 24.8 Å². The molecule has 0 unspecified atom stereocenters. The Morgan fingerprint density at radius 2 is 1.88 bits per heavy atom. The highest BCUT2D eigenvalue weighted by molar-refractivity contribution is 5.91. The highest BCUT2D eigenvalue weighted by Crippen LogP contribution is 2.33. The quantitative estimate of drug-likeness (QED) is 0.555. The molecule has 0 spiro atoms. The Morgan fingerprint density at radius 1 is 1.15 bits per heavy atom. The number of carbonyl (C=O) groups is 2. The van der Waals surface area contributed by atoms with E-state index in [4.69, 9.17) is 9.47 Å². The fraction of sp³-hybridized carbons (Fsp3) is 0.348. The minimum Gasteiger partial charge on any atom is -0.465 e. The van der Waals surface area contributed by atoms with Gasteiger partial charge in [-0.2, -0.15) is 0 Å². The standard InChI is InChI=1S/C23H23F2N3O5/c1-13-6-14-9-19(20-17(24)7-15(8-18(20)25)22(29)31-2)28(21(14)26-10-13)12-16-11-27(4-5-33-16)23(30)32-3/h6-10,16H,4-5,11-12H2,1-3H3/t16-/m1/s1. The summed E-state index contributed by atoms with van der Waals surface area (Å²) in [4.78, 5) is 29.7. The van der Waals surface area contributed by atoms with Crippen LogP contribution in [0.5, 0.6) is 0 Å². The van der Waals surface area contributed by atoms with Crippen molar-refractivity contribution in [2.45, 2.75) is 19.6 Å². The lowest BCUT2D eigenvalue weighted by Gasteiger charge is -2.32. The number of morpholine rings is 1. The summed E-state index contributed by atoms with van der Waals surface area (Å²) in [6, 6.07) is 5.40. The number of aromatic nitrogens is 2. The fourth-order valence-electron chi connectivity index (χ4n) is 4.03. The Balaban J connectivity index is 1.79. The Hall–Kier alpha value is -3.53. The molecule has 0 bridgehead atoms. The van der Waals surface area contributed by atoms with Crippen LogP contribution in [0, 0.1) is 18.6 Å². The van der Waals surface area contributed by atoms with Gasteiger partial charge in [0.1, 0.15) is 17.3 Å². The number of esters is 1. The minimum atomic E-state index is -0.906. The number of halogens is 2. The molecule has 1 aliphatic heterocycles. The molecule has 3 aromatic rings. The van der Waals surface area contributed by atoms with Gasteiger partial charge in [-0.25, -0.2) is 23.4 Å². The van der Waals surface area contributed by atoms with Crippen molar-refractivity contribution in [2.24, 2.45) is 0 Å². The summed E-state index contributed by atoms with van der Waals surface area (Å²) in [6.45, 7) is 3.01. The van der Waals surface area contributed by atoms with Gasteiger partial charge in [-0.05, 0) is 36.8 Å². The zero-order valence-corrected chi connectivity index (χ0v) is 18.4. The number of carbonyl (C=O) groups excluding carboxylic acids is 2. The molecule has 1 aromatic carbocycles. The van der Waals surface area contributed by atoms with Crippen LogP contribution in [-0.2, 0) is 20.8 Å². The Labute approximate surface area is 188 Å². The highest BCUT2D eigenvalue weighted by Gasteiger charge is 2.28. The van der Waals surface area contributed by atoms with Crippen molar-refractivity contribution in [3.8, 4) is 11.3 Å². The number of hydrogen-bond donors (Lipinski definition) is 0. The molecular formula is C23H23F2N3O5. The third-order valence-corrected chi connectivity index (χ3v) is 5.55. The summed E-state index contributed by atoms with van der Waals surface area (Å²) < 4.78 is 47.0. The maximum atomic E-state index is 15.1. The Bertz CT molecular complexity index is 1200. The topological polar surface area (TPSA) is 82.9 Å². The lowest BCUT2D eigenvalue weighted by molar-refractivity contribution is -0.0310. The summed E-state index contributed by atoms with van der Waals surface area (Å²) in [5.41, 5.74) is 1.13. The Morgan fingerprint density at radius 3 is 2.55 bits per heavy atom. The average Bonchev–Trinajstić information content (AvgIpc) is 3.14. The smallest absolute Gasteiger partial charge is 0.409 e. The number of ether oxygens (including phenoxy) is 3. The lowest BCUT2D eigenvalue weighted by atomic mass is 10.1. The molecule has 174 valence electrons. The lowest BCUT2D eigenvalue weighted by Crippen LogP contribution is -2.47. The summed E-state index contributed by atoms with van der Waals surface area (Å²) in [5.74, 6) is -2.65. The van der Waals surface area contributed by atoms with E-state index in [2.05, 4.69) is 9.72 Å². The van der Waals surface area contributed by atoms with Crippen LogP contribution in [0.1, 0.15) is 15.9 Å². The first-order valence-electron chi connectivity index (χ1n) is 10.3. The van der Waals surface area contributed by atoms with E-state index in [0.29, 0.717) is 24.2 Å². The van der Waals surface area contributed by atoms with Crippen molar-refractivity contribution in [1.29, 1.82) is 0 Å². The molecule has 2 aromatic heterocycles. The largest absolute Gasteiger partial charge is 0.465 e. The number of aryl methyl sites for hydroxylation is 1. The van der Waals surface area contributed by atoms with Crippen LogP contribution in [0.15, 0.2) is 30.5 Å². The molecule has 0 N–H and O–H groups in total. The van der Waals surface area contributed by atoms with Crippen LogP contribution < -0.4 is 0 Å². The molecule has 4 rings (SSSR count). The summed E-state index contributed by atoms with van der Waals surface area (Å²) in [5, 5.41) is 0.696. The van der Waals surface area contributed by atoms with E-state index in [1.54, 1.807) is 16.8 Å². The van der Waals surface area contributed by atoms with Crippen molar-refractivity contribution >= 4 is 23.1 Å². The number of benzene rings is 1.